The van der Waals surface area contributed by atoms with Gasteiger partial charge in [-0.1, -0.05) is 13.8 Å². The summed E-state index contributed by atoms with van der Waals surface area (Å²) in [7, 11) is 0. The van der Waals surface area contributed by atoms with E-state index in [4.69, 9.17) is 4.74 Å². The monoisotopic (exact) mass is 185 g/mol. The molecule has 0 amide bonds. The molecule has 0 saturated heterocycles. The molecule has 1 atom stereocenters. The number of ether oxygens (including phenoxy) is 1. The lowest BCUT2D eigenvalue weighted by molar-refractivity contribution is 0.0374. The first kappa shape index (κ1) is 12.3. The molecule has 0 aliphatic carbocycles. The molecule has 0 heterocycles. The molecule has 13 heavy (non-hydrogen) atoms. The van der Waals surface area contributed by atoms with Crippen LogP contribution >= 0.6 is 0 Å². The highest BCUT2D eigenvalue weighted by molar-refractivity contribution is 4.86. The first-order chi connectivity index (χ1) is 5.72. The van der Waals surface area contributed by atoms with Crippen LogP contribution in [-0.2, 0) is 4.74 Å². The number of nitrogens with one attached hydrogen (secondary N) is 1. The number of hydrogen-bond acceptors (Lipinski definition) is 2. The van der Waals surface area contributed by atoms with Crippen LogP contribution < -0.4 is 5.32 Å². The van der Waals surface area contributed by atoms with Crippen molar-refractivity contribution in [3.05, 3.63) is 12.5 Å². The molecule has 0 unspecified atom stereocenters. The zero-order chi connectivity index (χ0) is 10.6. The van der Waals surface area contributed by atoms with Crippen molar-refractivity contribution in [1.29, 1.82) is 0 Å². The highest BCUT2D eigenvalue weighted by atomic mass is 16.5. The van der Waals surface area contributed by atoms with E-state index in [1.54, 1.807) is 0 Å². The summed E-state index contributed by atoms with van der Waals surface area (Å²) in [6, 6.07) is 0.398. The van der Waals surface area contributed by atoms with Crippen LogP contribution in [0.1, 0.15) is 41.5 Å². The molecule has 0 aromatic heterocycles. The van der Waals surface area contributed by atoms with Crippen molar-refractivity contribution in [1.82, 2.24) is 5.32 Å². The van der Waals surface area contributed by atoms with Crippen LogP contribution in [0.25, 0.3) is 0 Å². The quantitative estimate of drug-likeness (QED) is 0.680. The van der Waals surface area contributed by atoms with Gasteiger partial charge in [-0.3, -0.25) is 0 Å². The van der Waals surface area contributed by atoms with Crippen LogP contribution in [0.15, 0.2) is 12.5 Å². The normalized spacial score (nSPS) is 14.1. The van der Waals surface area contributed by atoms with Crippen LogP contribution in [0.3, 0.4) is 0 Å². The highest BCUT2D eigenvalue weighted by Gasteiger charge is 2.14. The minimum Gasteiger partial charge on any atom is -0.474 e. The predicted octanol–water partition coefficient (Wildman–Crippen LogP) is 2.91. The third-order valence-corrected chi connectivity index (χ3v) is 1.82. The molecular weight excluding hydrogens is 162 g/mol. The van der Waals surface area contributed by atoms with Gasteiger partial charge in [-0.05, 0) is 40.2 Å². The van der Waals surface area contributed by atoms with Gasteiger partial charge in [0.25, 0.3) is 0 Å². The van der Waals surface area contributed by atoms with E-state index in [-0.39, 0.29) is 5.60 Å². The largest absolute Gasteiger partial charge is 0.474 e. The van der Waals surface area contributed by atoms with Gasteiger partial charge in [0.1, 0.15) is 5.60 Å². The molecule has 0 aromatic rings. The van der Waals surface area contributed by atoms with Crippen LogP contribution in [0.4, 0.5) is 0 Å². The van der Waals surface area contributed by atoms with Crippen LogP contribution in [0.2, 0.25) is 0 Å². The molecule has 0 radical (unpaired) electrons. The SMILES string of the molecule is C=C(N[C@@H](C)C(C)C)OC(C)(C)C. The Kier molecular flexibility index (Phi) is 4.31. The Labute approximate surface area is 82.4 Å². The summed E-state index contributed by atoms with van der Waals surface area (Å²) in [5.41, 5.74) is -0.166. The third kappa shape index (κ3) is 6.50. The molecular formula is C11H23NO. The lowest BCUT2D eigenvalue weighted by Gasteiger charge is -2.26. The van der Waals surface area contributed by atoms with Gasteiger partial charge in [0.15, 0.2) is 5.88 Å². The summed E-state index contributed by atoms with van der Waals surface area (Å²) in [4.78, 5) is 0. The van der Waals surface area contributed by atoms with Crippen molar-refractivity contribution in [3.8, 4) is 0 Å². The Balaban J connectivity index is 3.89. The summed E-state index contributed by atoms with van der Waals surface area (Å²) in [5, 5.41) is 3.22. The summed E-state index contributed by atoms with van der Waals surface area (Å²) in [6.07, 6.45) is 0. The fourth-order valence-electron chi connectivity index (χ4n) is 0.820. The molecule has 0 aromatic carbocycles. The molecule has 0 aliphatic heterocycles. The summed E-state index contributed by atoms with van der Waals surface area (Å²) >= 11 is 0. The molecule has 2 heteroatoms. The lowest BCUT2D eigenvalue weighted by atomic mass is 10.1. The van der Waals surface area contributed by atoms with Crippen molar-refractivity contribution >= 4 is 0 Å². The maximum atomic E-state index is 5.55. The Bertz CT molecular complexity index is 167. The van der Waals surface area contributed by atoms with Crippen molar-refractivity contribution in [2.75, 3.05) is 0 Å². The van der Waals surface area contributed by atoms with Gasteiger partial charge in [0, 0.05) is 6.04 Å². The van der Waals surface area contributed by atoms with E-state index in [1.165, 1.54) is 0 Å². The fraction of sp³-hybridized carbons (Fsp3) is 0.818. The predicted molar refractivity (Wildman–Crippen MR) is 57.4 cm³/mol. The van der Waals surface area contributed by atoms with E-state index in [1.807, 2.05) is 20.8 Å². The minimum absolute atomic E-state index is 0.166. The minimum atomic E-state index is -0.166. The molecule has 0 fully saturated rings. The maximum absolute atomic E-state index is 5.55. The average Bonchev–Trinajstić information content (AvgIpc) is 1.81. The van der Waals surface area contributed by atoms with E-state index in [0.717, 1.165) is 0 Å². The molecule has 0 spiro atoms. The van der Waals surface area contributed by atoms with Crippen LogP contribution in [0.5, 0.6) is 0 Å². The fourth-order valence-corrected chi connectivity index (χ4v) is 0.820. The van der Waals surface area contributed by atoms with Gasteiger partial charge < -0.3 is 10.1 Å². The van der Waals surface area contributed by atoms with Crippen LogP contribution in [0, 0.1) is 5.92 Å². The average molecular weight is 185 g/mol. The van der Waals surface area contributed by atoms with E-state index < -0.39 is 0 Å². The second-order valence-electron chi connectivity index (χ2n) is 4.81. The molecule has 0 saturated carbocycles. The topological polar surface area (TPSA) is 21.3 Å². The second-order valence-corrected chi connectivity index (χ2v) is 4.81. The van der Waals surface area contributed by atoms with E-state index in [0.29, 0.717) is 17.8 Å². The van der Waals surface area contributed by atoms with Gasteiger partial charge in [0.05, 0.1) is 0 Å². The smallest absolute Gasteiger partial charge is 0.180 e. The first-order valence-corrected chi connectivity index (χ1v) is 4.87. The summed E-state index contributed by atoms with van der Waals surface area (Å²) in [5.74, 6) is 1.24. The second kappa shape index (κ2) is 4.54. The van der Waals surface area contributed by atoms with E-state index in [9.17, 15) is 0 Å². The van der Waals surface area contributed by atoms with Gasteiger partial charge >= 0.3 is 0 Å². The Morgan fingerprint density at radius 3 is 2.00 bits per heavy atom. The van der Waals surface area contributed by atoms with Gasteiger partial charge in [-0.2, -0.15) is 0 Å². The Morgan fingerprint density at radius 1 is 1.23 bits per heavy atom. The summed E-state index contributed by atoms with van der Waals surface area (Å²) < 4.78 is 5.55. The molecule has 2 nitrogen and oxygen atoms in total. The Hall–Kier alpha value is -0.660. The third-order valence-electron chi connectivity index (χ3n) is 1.82. The molecule has 0 bridgehead atoms. The van der Waals surface area contributed by atoms with E-state index >= 15 is 0 Å². The zero-order valence-electron chi connectivity index (χ0n) is 9.77. The van der Waals surface area contributed by atoms with Crippen molar-refractivity contribution in [3.63, 3.8) is 0 Å². The van der Waals surface area contributed by atoms with Gasteiger partial charge in [0.2, 0.25) is 0 Å². The highest BCUT2D eigenvalue weighted by Crippen LogP contribution is 2.12. The molecule has 78 valence electrons. The molecule has 0 aliphatic rings. The van der Waals surface area contributed by atoms with E-state index in [2.05, 4.69) is 32.7 Å². The zero-order valence-corrected chi connectivity index (χ0v) is 9.77. The Morgan fingerprint density at radius 2 is 1.69 bits per heavy atom. The summed E-state index contributed by atoms with van der Waals surface area (Å²) in [6.45, 7) is 16.3. The molecule has 1 N–H and O–H groups in total. The van der Waals surface area contributed by atoms with Gasteiger partial charge in [-0.25, -0.2) is 0 Å². The van der Waals surface area contributed by atoms with Crippen molar-refractivity contribution in [2.45, 2.75) is 53.2 Å². The first-order valence-electron chi connectivity index (χ1n) is 4.87. The van der Waals surface area contributed by atoms with Crippen molar-refractivity contribution < 1.29 is 4.74 Å². The molecule has 0 rings (SSSR count). The number of hydrogen-bond donors (Lipinski definition) is 1. The standard InChI is InChI=1S/C11H23NO/c1-8(2)9(3)12-10(4)13-11(5,6)7/h8-9,12H,4H2,1-3,5-7H3/t9-/m0/s1. The van der Waals surface area contributed by atoms with Crippen molar-refractivity contribution in [2.24, 2.45) is 5.92 Å². The van der Waals surface area contributed by atoms with Gasteiger partial charge in [-0.15, -0.1) is 0 Å². The maximum Gasteiger partial charge on any atom is 0.180 e. The number of rotatable bonds is 4. The van der Waals surface area contributed by atoms with Crippen LogP contribution in [-0.4, -0.2) is 11.6 Å². The lowest BCUT2D eigenvalue weighted by Crippen LogP contribution is -2.33.